The molecule has 3 aromatic heterocycles. The topological polar surface area (TPSA) is 49.8 Å². The average molecular weight is 626 g/mol. The molecule has 0 amide bonds. The molecule has 0 saturated carbocycles. The Bertz CT molecular complexity index is 2730. The Kier molecular flexibility index (Phi) is 5.87. The number of anilines is 3. The summed E-state index contributed by atoms with van der Waals surface area (Å²) in [5, 5.41) is 13.5. The van der Waals surface area contributed by atoms with E-state index < -0.39 is 0 Å². The van der Waals surface area contributed by atoms with Gasteiger partial charge in [0.15, 0.2) is 0 Å². The minimum atomic E-state index is 0.627. The number of aromatic nitrogens is 3. The number of nitriles is 1. The normalized spacial score (nSPS) is 12.0. The Labute approximate surface area is 282 Å². The summed E-state index contributed by atoms with van der Waals surface area (Å²) in [5.41, 5.74) is 12.5. The second kappa shape index (κ2) is 10.6. The van der Waals surface area contributed by atoms with E-state index in [2.05, 4.69) is 166 Å². The van der Waals surface area contributed by atoms with Crippen molar-refractivity contribution in [1.82, 2.24) is 14.1 Å². The number of benzene rings is 6. The van der Waals surface area contributed by atoms with E-state index in [-0.39, 0.29) is 0 Å². The maximum absolute atomic E-state index is 10.0. The highest BCUT2D eigenvalue weighted by atomic mass is 15.2. The van der Waals surface area contributed by atoms with Gasteiger partial charge in [-0.15, -0.1) is 0 Å². The lowest BCUT2D eigenvalue weighted by atomic mass is 9.97. The van der Waals surface area contributed by atoms with Crippen LogP contribution in [0.4, 0.5) is 17.1 Å². The Morgan fingerprint density at radius 1 is 0.490 bits per heavy atom. The predicted octanol–water partition coefficient (Wildman–Crippen LogP) is 11.1. The molecule has 9 aromatic rings. The lowest BCUT2D eigenvalue weighted by molar-refractivity contribution is 1.04. The molecule has 0 spiro atoms. The Hall–Kier alpha value is -6.90. The molecule has 6 aromatic carbocycles. The summed E-state index contributed by atoms with van der Waals surface area (Å²) in [5.74, 6) is 0.858. The largest absolute Gasteiger partial charge is 0.309 e. The molecule has 10 rings (SSSR count). The number of hydrogen-bond donors (Lipinski definition) is 0. The molecule has 1 aliphatic heterocycles. The summed E-state index contributed by atoms with van der Waals surface area (Å²) in [4.78, 5) is 7.48. The van der Waals surface area contributed by atoms with Crippen molar-refractivity contribution in [1.29, 1.82) is 5.26 Å². The van der Waals surface area contributed by atoms with Gasteiger partial charge in [-0.05, 0) is 66.7 Å². The Morgan fingerprint density at radius 3 is 1.80 bits per heavy atom. The van der Waals surface area contributed by atoms with Crippen LogP contribution in [-0.4, -0.2) is 14.1 Å². The maximum Gasteiger partial charge on any atom is 0.137 e. The van der Waals surface area contributed by atoms with E-state index >= 15 is 0 Å². The summed E-state index contributed by atoms with van der Waals surface area (Å²) in [6.07, 6.45) is 1.98. The van der Waals surface area contributed by atoms with E-state index in [1.807, 2.05) is 18.3 Å². The van der Waals surface area contributed by atoms with Gasteiger partial charge in [-0.3, -0.25) is 4.57 Å². The first kappa shape index (κ1) is 27.2. The van der Waals surface area contributed by atoms with Gasteiger partial charge in [0.2, 0.25) is 0 Å². The fourth-order valence-electron chi connectivity index (χ4n) is 7.70. The standard InChI is InChI=1S/C44H27N5/c45-27-29-22-24-41-36(26-29)43-34-16-6-10-20-39(34)47(30-12-2-1-3-13-30)40-21-11-7-17-35(40)44(43)48(41)31-23-25-42(46-28-31)49-37-18-8-4-14-32(37)33-15-5-9-19-38(33)49/h1-26,28H. The van der Waals surface area contributed by atoms with Crippen LogP contribution in [0.1, 0.15) is 5.56 Å². The first-order valence-corrected chi connectivity index (χ1v) is 16.4. The zero-order valence-corrected chi connectivity index (χ0v) is 26.3. The molecule has 0 saturated heterocycles. The number of rotatable bonds is 3. The Morgan fingerprint density at radius 2 is 1.10 bits per heavy atom. The van der Waals surface area contributed by atoms with E-state index in [9.17, 15) is 5.26 Å². The summed E-state index contributed by atoms with van der Waals surface area (Å²) in [7, 11) is 0. The third-order valence-corrected chi connectivity index (χ3v) is 9.72. The van der Waals surface area contributed by atoms with E-state index in [1.165, 1.54) is 10.8 Å². The van der Waals surface area contributed by atoms with Gasteiger partial charge in [-0.2, -0.15) is 5.26 Å². The van der Waals surface area contributed by atoms with Gasteiger partial charge in [0.1, 0.15) is 5.82 Å². The van der Waals surface area contributed by atoms with Crippen LogP contribution in [0.3, 0.4) is 0 Å². The van der Waals surface area contributed by atoms with Gasteiger partial charge in [0.25, 0.3) is 0 Å². The summed E-state index contributed by atoms with van der Waals surface area (Å²) in [6.45, 7) is 0. The lowest BCUT2D eigenvalue weighted by Gasteiger charge is -2.27. The zero-order chi connectivity index (χ0) is 32.5. The van der Waals surface area contributed by atoms with Crippen LogP contribution in [-0.2, 0) is 0 Å². The minimum Gasteiger partial charge on any atom is -0.309 e. The second-order valence-electron chi connectivity index (χ2n) is 12.4. The molecule has 0 bridgehead atoms. The van der Waals surface area contributed by atoms with Crippen molar-refractivity contribution in [3.8, 4) is 40.0 Å². The van der Waals surface area contributed by atoms with E-state index in [0.717, 1.165) is 72.9 Å². The smallest absolute Gasteiger partial charge is 0.137 e. The van der Waals surface area contributed by atoms with Crippen molar-refractivity contribution in [2.24, 2.45) is 0 Å². The van der Waals surface area contributed by atoms with Crippen LogP contribution in [0.15, 0.2) is 164 Å². The summed E-state index contributed by atoms with van der Waals surface area (Å²) in [6, 6.07) is 57.4. The van der Waals surface area contributed by atoms with Gasteiger partial charge in [0, 0.05) is 38.5 Å². The van der Waals surface area contributed by atoms with Crippen LogP contribution in [0.5, 0.6) is 0 Å². The SMILES string of the molecule is N#Cc1ccc2c(c1)c1c(n2-c2ccc(-n3c4ccccc4c4ccccc43)nc2)-c2ccccc2N(c2ccccc2)c2ccccc2-1. The molecule has 228 valence electrons. The van der Waals surface area contributed by atoms with Crippen molar-refractivity contribution in [3.63, 3.8) is 0 Å². The zero-order valence-electron chi connectivity index (χ0n) is 26.3. The third kappa shape index (κ3) is 3.95. The molecule has 0 fully saturated rings. The maximum atomic E-state index is 10.0. The van der Waals surface area contributed by atoms with E-state index in [1.54, 1.807) is 0 Å². The molecule has 1 aliphatic rings. The molecule has 4 heterocycles. The third-order valence-electron chi connectivity index (χ3n) is 9.72. The average Bonchev–Trinajstić information content (AvgIpc) is 3.64. The van der Waals surface area contributed by atoms with E-state index in [0.29, 0.717) is 5.56 Å². The highest BCUT2D eigenvalue weighted by Crippen LogP contribution is 2.54. The molecule has 0 radical (unpaired) electrons. The monoisotopic (exact) mass is 625 g/mol. The molecular formula is C44H27N5. The molecular weight excluding hydrogens is 599 g/mol. The highest BCUT2D eigenvalue weighted by molar-refractivity contribution is 6.13. The van der Waals surface area contributed by atoms with Crippen molar-refractivity contribution in [2.45, 2.75) is 0 Å². The summed E-state index contributed by atoms with van der Waals surface area (Å²) >= 11 is 0. The fraction of sp³-hybridized carbons (Fsp3) is 0. The van der Waals surface area contributed by atoms with Crippen LogP contribution < -0.4 is 4.90 Å². The van der Waals surface area contributed by atoms with Crippen LogP contribution in [0.2, 0.25) is 0 Å². The Balaban J connectivity index is 1.27. The van der Waals surface area contributed by atoms with Crippen molar-refractivity contribution in [2.75, 3.05) is 4.90 Å². The van der Waals surface area contributed by atoms with Gasteiger partial charge < -0.3 is 9.47 Å². The molecule has 5 heteroatoms. The second-order valence-corrected chi connectivity index (χ2v) is 12.4. The van der Waals surface area contributed by atoms with Crippen LogP contribution in [0, 0.1) is 11.3 Å². The molecule has 0 N–H and O–H groups in total. The number of nitrogens with zero attached hydrogens (tertiary/aromatic N) is 5. The first-order valence-electron chi connectivity index (χ1n) is 16.4. The number of para-hydroxylation sites is 5. The molecule has 49 heavy (non-hydrogen) atoms. The quantitative estimate of drug-likeness (QED) is 0.196. The number of pyridine rings is 1. The minimum absolute atomic E-state index is 0.627. The van der Waals surface area contributed by atoms with Crippen molar-refractivity contribution < 1.29 is 0 Å². The van der Waals surface area contributed by atoms with Crippen LogP contribution >= 0.6 is 0 Å². The number of hydrogen-bond acceptors (Lipinski definition) is 3. The van der Waals surface area contributed by atoms with Crippen molar-refractivity contribution in [3.05, 3.63) is 169 Å². The molecule has 0 unspecified atom stereocenters. The summed E-state index contributed by atoms with van der Waals surface area (Å²) < 4.78 is 4.56. The van der Waals surface area contributed by atoms with E-state index in [4.69, 9.17) is 4.98 Å². The van der Waals surface area contributed by atoms with Gasteiger partial charge >= 0.3 is 0 Å². The van der Waals surface area contributed by atoms with Crippen LogP contribution in [0.25, 0.3) is 66.6 Å². The molecule has 0 aliphatic carbocycles. The first-order chi connectivity index (χ1) is 24.3. The number of fused-ring (bicyclic) bond motifs is 10. The van der Waals surface area contributed by atoms with Gasteiger partial charge in [-0.25, -0.2) is 4.98 Å². The van der Waals surface area contributed by atoms with Gasteiger partial charge in [0.05, 0.1) is 57.1 Å². The van der Waals surface area contributed by atoms with Crippen molar-refractivity contribution >= 4 is 49.8 Å². The fourth-order valence-corrected chi connectivity index (χ4v) is 7.70. The molecule has 5 nitrogen and oxygen atoms in total. The predicted molar refractivity (Wildman–Crippen MR) is 199 cm³/mol. The molecule has 0 atom stereocenters. The highest BCUT2D eigenvalue weighted by Gasteiger charge is 2.31. The lowest BCUT2D eigenvalue weighted by Crippen LogP contribution is -2.11. The van der Waals surface area contributed by atoms with Gasteiger partial charge in [-0.1, -0.05) is 91.0 Å².